The van der Waals surface area contributed by atoms with Crippen LogP contribution in [0, 0.1) is 19.8 Å². The molecule has 1 aromatic carbocycles. The van der Waals surface area contributed by atoms with Crippen molar-refractivity contribution in [2.75, 3.05) is 45.9 Å². The van der Waals surface area contributed by atoms with Crippen molar-refractivity contribution in [3.63, 3.8) is 0 Å². The summed E-state index contributed by atoms with van der Waals surface area (Å²) in [6, 6.07) is 5.04. The average Bonchev–Trinajstić information content (AvgIpc) is 2.75. The van der Waals surface area contributed by atoms with Gasteiger partial charge in [-0.25, -0.2) is 0 Å². The lowest BCUT2D eigenvalue weighted by atomic mass is 9.93. The van der Waals surface area contributed by atoms with Gasteiger partial charge in [0.15, 0.2) is 11.2 Å². The number of benzene rings is 1. The van der Waals surface area contributed by atoms with E-state index in [1.54, 1.807) is 6.07 Å². The number of fused-ring (bicyclic) bond motifs is 1. The number of morpholine rings is 1. The molecule has 29 heavy (non-hydrogen) atoms. The molecule has 6 heteroatoms. The number of amides is 1. The summed E-state index contributed by atoms with van der Waals surface area (Å²) in [4.78, 5) is 29.8. The number of aryl methyl sites for hydroxylation is 2. The number of hydrogen-bond acceptors (Lipinski definition) is 5. The number of piperidine rings is 1. The Labute approximate surface area is 171 Å². The monoisotopic (exact) mass is 398 g/mol. The fourth-order valence-corrected chi connectivity index (χ4v) is 4.33. The molecule has 6 nitrogen and oxygen atoms in total. The first-order chi connectivity index (χ1) is 14.0. The van der Waals surface area contributed by atoms with Gasteiger partial charge in [0.25, 0.3) is 5.91 Å². The lowest BCUT2D eigenvalue weighted by Gasteiger charge is -2.33. The van der Waals surface area contributed by atoms with Gasteiger partial charge in [0.1, 0.15) is 5.58 Å². The third-order valence-corrected chi connectivity index (χ3v) is 6.49. The van der Waals surface area contributed by atoms with E-state index in [4.69, 9.17) is 9.15 Å². The topological polar surface area (TPSA) is 63.0 Å². The Kier molecular flexibility index (Phi) is 6.01. The van der Waals surface area contributed by atoms with E-state index in [0.717, 1.165) is 69.9 Å². The summed E-state index contributed by atoms with van der Waals surface area (Å²) in [6.45, 7) is 10.2. The molecule has 2 aliphatic rings. The van der Waals surface area contributed by atoms with E-state index in [2.05, 4.69) is 4.90 Å². The van der Waals surface area contributed by atoms with Crippen molar-refractivity contribution in [3.05, 3.63) is 45.3 Å². The van der Waals surface area contributed by atoms with Gasteiger partial charge in [-0.2, -0.15) is 0 Å². The van der Waals surface area contributed by atoms with Crippen LogP contribution in [0.15, 0.2) is 27.4 Å². The Bertz CT molecular complexity index is 938. The Hall–Kier alpha value is -2.18. The summed E-state index contributed by atoms with van der Waals surface area (Å²) in [7, 11) is 0. The number of hydrogen-bond donors (Lipinski definition) is 0. The molecule has 0 aliphatic carbocycles. The predicted octanol–water partition coefficient (Wildman–Crippen LogP) is 2.98. The Balaban J connectivity index is 1.39. The van der Waals surface area contributed by atoms with Gasteiger partial charge in [-0.05, 0) is 62.8 Å². The molecule has 1 aromatic heterocycles. The largest absolute Gasteiger partial charge is 0.450 e. The van der Waals surface area contributed by atoms with Crippen LogP contribution in [0.2, 0.25) is 0 Å². The normalized spacial score (nSPS) is 19.0. The fraction of sp³-hybridized carbons (Fsp3) is 0.565. The first-order valence-corrected chi connectivity index (χ1v) is 10.7. The van der Waals surface area contributed by atoms with Gasteiger partial charge in [0.05, 0.1) is 18.6 Å². The standard InChI is InChI=1S/C23H30N2O4/c1-16-3-4-19-20(26)15-21(29-22(19)17(16)2)23(27)25-9-6-18(7-10-25)5-8-24-11-13-28-14-12-24/h3-4,15,18H,5-14H2,1-2H3. The number of nitrogens with zero attached hydrogens (tertiary/aromatic N) is 2. The van der Waals surface area contributed by atoms with Gasteiger partial charge in [-0.1, -0.05) is 6.07 Å². The Morgan fingerprint density at radius 3 is 2.55 bits per heavy atom. The summed E-state index contributed by atoms with van der Waals surface area (Å²) >= 11 is 0. The number of rotatable bonds is 4. The molecule has 0 bridgehead atoms. The van der Waals surface area contributed by atoms with Crippen LogP contribution in [0.3, 0.4) is 0 Å². The smallest absolute Gasteiger partial charge is 0.289 e. The zero-order valence-corrected chi connectivity index (χ0v) is 17.4. The Morgan fingerprint density at radius 1 is 1.10 bits per heavy atom. The zero-order chi connectivity index (χ0) is 20.4. The maximum absolute atomic E-state index is 13.0. The van der Waals surface area contributed by atoms with E-state index < -0.39 is 0 Å². The van der Waals surface area contributed by atoms with E-state index in [1.807, 2.05) is 24.8 Å². The molecule has 0 spiro atoms. The van der Waals surface area contributed by atoms with Gasteiger partial charge < -0.3 is 14.1 Å². The second kappa shape index (κ2) is 8.67. The quantitative estimate of drug-likeness (QED) is 0.792. The van der Waals surface area contributed by atoms with Crippen molar-refractivity contribution in [2.45, 2.75) is 33.1 Å². The first kappa shape index (κ1) is 20.1. The van der Waals surface area contributed by atoms with Gasteiger partial charge in [-0.3, -0.25) is 14.5 Å². The third kappa shape index (κ3) is 4.38. The molecule has 2 saturated heterocycles. The number of carbonyl (C=O) groups excluding carboxylic acids is 1. The van der Waals surface area contributed by atoms with Crippen LogP contribution in [0.4, 0.5) is 0 Å². The minimum atomic E-state index is -0.170. The molecular weight excluding hydrogens is 368 g/mol. The van der Waals surface area contributed by atoms with Gasteiger partial charge in [-0.15, -0.1) is 0 Å². The molecular formula is C23H30N2O4. The van der Waals surface area contributed by atoms with E-state index in [-0.39, 0.29) is 17.1 Å². The molecule has 0 N–H and O–H groups in total. The number of ether oxygens (including phenoxy) is 1. The van der Waals surface area contributed by atoms with Crippen LogP contribution >= 0.6 is 0 Å². The maximum atomic E-state index is 13.0. The molecule has 0 saturated carbocycles. The van der Waals surface area contributed by atoms with Gasteiger partial charge >= 0.3 is 0 Å². The molecule has 2 fully saturated rings. The highest BCUT2D eigenvalue weighted by Crippen LogP contribution is 2.24. The molecule has 0 radical (unpaired) electrons. The second-order valence-electron chi connectivity index (χ2n) is 8.34. The van der Waals surface area contributed by atoms with E-state index in [0.29, 0.717) is 16.9 Å². The zero-order valence-electron chi connectivity index (χ0n) is 17.4. The average molecular weight is 399 g/mol. The minimum absolute atomic E-state index is 0.155. The molecule has 156 valence electrons. The van der Waals surface area contributed by atoms with Crippen LogP contribution in [-0.2, 0) is 4.74 Å². The summed E-state index contributed by atoms with van der Waals surface area (Å²) in [5, 5.41) is 0.534. The number of carbonyl (C=O) groups is 1. The first-order valence-electron chi connectivity index (χ1n) is 10.7. The lowest BCUT2D eigenvalue weighted by Crippen LogP contribution is -2.41. The van der Waals surface area contributed by atoms with Crippen molar-refractivity contribution in [3.8, 4) is 0 Å². The summed E-state index contributed by atoms with van der Waals surface area (Å²) in [5.74, 6) is 0.634. The molecule has 3 heterocycles. The summed E-state index contributed by atoms with van der Waals surface area (Å²) in [5.41, 5.74) is 2.33. The molecule has 0 atom stereocenters. The Morgan fingerprint density at radius 2 is 1.83 bits per heavy atom. The van der Waals surface area contributed by atoms with E-state index in [9.17, 15) is 9.59 Å². The highest BCUT2D eigenvalue weighted by atomic mass is 16.5. The van der Waals surface area contributed by atoms with E-state index >= 15 is 0 Å². The minimum Gasteiger partial charge on any atom is -0.450 e. The van der Waals surface area contributed by atoms with E-state index in [1.165, 1.54) is 12.5 Å². The predicted molar refractivity (Wildman–Crippen MR) is 112 cm³/mol. The molecule has 0 unspecified atom stereocenters. The van der Waals surface area contributed by atoms with Crippen molar-refractivity contribution < 1.29 is 13.9 Å². The van der Waals surface area contributed by atoms with Crippen LogP contribution in [0.25, 0.3) is 11.0 Å². The van der Waals surface area contributed by atoms with Crippen LogP contribution in [0.1, 0.15) is 40.9 Å². The van der Waals surface area contributed by atoms with Crippen LogP contribution < -0.4 is 5.43 Å². The molecule has 2 aromatic rings. The highest BCUT2D eigenvalue weighted by molar-refractivity contribution is 5.93. The second-order valence-corrected chi connectivity index (χ2v) is 8.34. The summed E-state index contributed by atoms with van der Waals surface area (Å²) < 4.78 is 11.3. The highest BCUT2D eigenvalue weighted by Gasteiger charge is 2.26. The third-order valence-electron chi connectivity index (χ3n) is 6.49. The van der Waals surface area contributed by atoms with Crippen LogP contribution in [0.5, 0.6) is 0 Å². The van der Waals surface area contributed by atoms with Crippen molar-refractivity contribution in [1.29, 1.82) is 0 Å². The fourth-order valence-electron chi connectivity index (χ4n) is 4.33. The summed E-state index contributed by atoms with van der Waals surface area (Å²) in [6.07, 6.45) is 3.18. The van der Waals surface area contributed by atoms with Crippen LogP contribution in [-0.4, -0.2) is 61.6 Å². The van der Waals surface area contributed by atoms with Gasteiger partial charge in [0, 0.05) is 32.2 Å². The SMILES string of the molecule is Cc1ccc2c(=O)cc(C(=O)N3CCC(CCN4CCOCC4)CC3)oc2c1C. The molecule has 1 amide bonds. The van der Waals surface area contributed by atoms with Crippen molar-refractivity contribution in [1.82, 2.24) is 9.80 Å². The molecule has 2 aliphatic heterocycles. The van der Waals surface area contributed by atoms with Crippen molar-refractivity contribution >= 4 is 16.9 Å². The number of likely N-dealkylation sites (tertiary alicyclic amines) is 1. The lowest BCUT2D eigenvalue weighted by molar-refractivity contribution is 0.0331. The van der Waals surface area contributed by atoms with Crippen molar-refractivity contribution in [2.24, 2.45) is 5.92 Å². The van der Waals surface area contributed by atoms with Gasteiger partial charge in [0.2, 0.25) is 0 Å². The molecule has 4 rings (SSSR count). The maximum Gasteiger partial charge on any atom is 0.289 e.